The lowest BCUT2D eigenvalue weighted by atomic mass is 9.88. The van der Waals surface area contributed by atoms with Crippen LogP contribution in [-0.4, -0.2) is 21.0 Å². The quantitative estimate of drug-likeness (QED) is 0.874. The van der Waals surface area contributed by atoms with Gasteiger partial charge in [-0.25, -0.2) is 21.9 Å². The summed E-state index contributed by atoms with van der Waals surface area (Å²) in [5.41, 5.74) is 5.77. The molecule has 1 aromatic carbocycles. The van der Waals surface area contributed by atoms with E-state index in [9.17, 15) is 17.2 Å². The summed E-state index contributed by atoms with van der Waals surface area (Å²) in [5.74, 6) is -1.81. The fourth-order valence-corrected chi connectivity index (χ4v) is 3.02. The maximum atomic E-state index is 13.4. The first kappa shape index (κ1) is 17.0. The average Bonchev–Trinajstić information content (AvgIpc) is 2.27. The van der Waals surface area contributed by atoms with Crippen molar-refractivity contribution in [3.8, 4) is 0 Å². The zero-order valence-electron chi connectivity index (χ0n) is 11.8. The highest BCUT2D eigenvalue weighted by molar-refractivity contribution is 7.89. The summed E-state index contributed by atoms with van der Waals surface area (Å²) in [7, 11) is -4.11. The van der Waals surface area contributed by atoms with Gasteiger partial charge in [-0.15, -0.1) is 0 Å². The van der Waals surface area contributed by atoms with Crippen LogP contribution in [0, 0.1) is 17.0 Å². The molecule has 7 heteroatoms. The Morgan fingerprint density at radius 1 is 1.30 bits per heavy atom. The van der Waals surface area contributed by atoms with Gasteiger partial charge in [0.15, 0.2) is 0 Å². The number of halogens is 2. The van der Waals surface area contributed by atoms with E-state index in [2.05, 4.69) is 4.72 Å². The van der Waals surface area contributed by atoms with Crippen molar-refractivity contribution in [3.05, 3.63) is 29.8 Å². The van der Waals surface area contributed by atoms with E-state index in [1.165, 1.54) is 0 Å². The summed E-state index contributed by atoms with van der Waals surface area (Å²) in [5, 5.41) is 0. The lowest BCUT2D eigenvalue weighted by Crippen LogP contribution is -2.39. The average molecular weight is 306 g/mol. The second-order valence-corrected chi connectivity index (χ2v) is 7.69. The van der Waals surface area contributed by atoms with Gasteiger partial charge in [-0.1, -0.05) is 20.8 Å². The third kappa shape index (κ3) is 5.15. The Balaban J connectivity index is 2.78. The monoisotopic (exact) mass is 306 g/mol. The third-order valence-electron chi connectivity index (χ3n) is 2.59. The van der Waals surface area contributed by atoms with Gasteiger partial charge in [0.25, 0.3) is 0 Å². The molecular formula is C13H20F2N2O2S. The van der Waals surface area contributed by atoms with Crippen LogP contribution in [0.15, 0.2) is 23.1 Å². The Morgan fingerprint density at radius 2 is 1.90 bits per heavy atom. The summed E-state index contributed by atoms with van der Waals surface area (Å²) in [4.78, 5) is -0.708. The molecule has 1 aromatic rings. The van der Waals surface area contributed by atoms with Crippen LogP contribution in [-0.2, 0) is 10.0 Å². The van der Waals surface area contributed by atoms with Crippen molar-refractivity contribution in [3.63, 3.8) is 0 Å². The molecule has 4 nitrogen and oxygen atoms in total. The largest absolute Gasteiger partial charge is 0.326 e. The van der Waals surface area contributed by atoms with Crippen LogP contribution >= 0.6 is 0 Å². The molecule has 0 fully saturated rings. The van der Waals surface area contributed by atoms with Gasteiger partial charge in [-0.3, -0.25) is 0 Å². The standard InChI is InChI=1S/C13H20F2N2O2S/c1-13(2,3)7-10(16)8-17-20(18,19)12-6-9(14)4-5-11(12)15/h4-6,10,17H,7-8,16H2,1-3H3. The molecule has 20 heavy (non-hydrogen) atoms. The zero-order valence-corrected chi connectivity index (χ0v) is 12.6. The van der Waals surface area contributed by atoms with E-state index in [1.807, 2.05) is 20.8 Å². The van der Waals surface area contributed by atoms with Crippen LogP contribution in [0.1, 0.15) is 27.2 Å². The van der Waals surface area contributed by atoms with Crippen molar-refractivity contribution < 1.29 is 17.2 Å². The molecule has 0 radical (unpaired) electrons. The van der Waals surface area contributed by atoms with E-state index in [-0.39, 0.29) is 12.0 Å². The first-order valence-corrected chi connectivity index (χ1v) is 7.70. The highest BCUT2D eigenvalue weighted by Gasteiger charge is 2.22. The van der Waals surface area contributed by atoms with Crippen molar-refractivity contribution in [2.45, 2.75) is 38.1 Å². The summed E-state index contributed by atoms with van der Waals surface area (Å²) >= 11 is 0. The molecule has 1 rings (SSSR count). The molecule has 0 bridgehead atoms. The third-order valence-corrected chi connectivity index (χ3v) is 4.03. The van der Waals surface area contributed by atoms with Gasteiger partial charge in [0.1, 0.15) is 16.5 Å². The Bertz CT molecular complexity index is 568. The van der Waals surface area contributed by atoms with Gasteiger partial charge in [0, 0.05) is 12.6 Å². The molecule has 1 unspecified atom stereocenters. The fraction of sp³-hybridized carbons (Fsp3) is 0.538. The van der Waals surface area contributed by atoms with Gasteiger partial charge < -0.3 is 5.73 Å². The normalized spacial score (nSPS) is 14.3. The number of sulfonamides is 1. The van der Waals surface area contributed by atoms with E-state index < -0.39 is 32.6 Å². The molecule has 0 aromatic heterocycles. The summed E-state index contributed by atoms with van der Waals surface area (Å²) < 4.78 is 52.5. The van der Waals surface area contributed by atoms with Crippen LogP contribution in [0.25, 0.3) is 0 Å². The molecule has 0 aliphatic heterocycles. The summed E-state index contributed by atoms with van der Waals surface area (Å²) in [6, 6.07) is 1.88. The van der Waals surface area contributed by atoms with Crippen LogP contribution < -0.4 is 10.5 Å². The van der Waals surface area contributed by atoms with E-state index >= 15 is 0 Å². The SMILES string of the molecule is CC(C)(C)CC(N)CNS(=O)(=O)c1cc(F)ccc1F. The number of hydrogen-bond acceptors (Lipinski definition) is 3. The molecule has 0 aliphatic carbocycles. The van der Waals surface area contributed by atoms with Gasteiger partial charge in [0.2, 0.25) is 10.0 Å². The van der Waals surface area contributed by atoms with Crippen LogP contribution in [0.4, 0.5) is 8.78 Å². The molecule has 0 amide bonds. The Hall–Kier alpha value is -1.05. The maximum absolute atomic E-state index is 13.4. The van der Waals surface area contributed by atoms with Crippen LogP contribution in [0.3, 0.4) is 0 Å². The Labute approximate surface area is 118 Å². The van der Waals surface area contributed by atoms with Crippen molar-refractivity contribution in [2.24, 2.45) is 11.1 Å². The number of hydrogen-bond donors (Lipinski definition) is 2. The number of nitrogens with one attached hydrogen (secondary N) is 1. The minimum atomic E-state index is -4.11. The fourth-order valence-electron chi connectivity index (χ4n) is 1.84. The Morgan fingerprint density at radius 3 is 2.45 bits per heavy atom. The minimum Gasteiger partial charge on any atom is -0.326 e. The second-order valence-electron chi connectivity index (χ2n) is 5.95. The lowest BCUT2D eigenvalue weighted by Gasteiger charge is -2.23. The van der Waals surface area contributed by atoms with Crippen molar-refractivity contribution in [1.29, 1.82) is 0 Å². The van der Waals surface area contributed by atoms with E-state index in [0.717, 1.165) is 12.1 Å². The van der Waals surface area contributed by atoms with Gasteiger partial charge in [-0.05, 0) is 30.0 Å². The molecule has 114 valence electrons. The molecule has 1 atom stereocenters. The van der Waals surface area contributed by atoms with Crippen LogP contribution in [0.2, 0.25) is 0 Å². The van der Waals surface area contributed by atoms with Gasteiger partial charge in [-0.2, -0.15) is 0 Å². The summed E-state index contributed by atoms with van der Waals surface area (Å²) in [6.45, 7) is 5.91. The number of benzene rings is 1. The van der Waals surface area contributed by atoms with E-state index in [4.69, 9.17) is 5.73 Å². The van der Waals surface area contributed by atoms with Gasteiger partial charge in [0.05, 0.1) is 0 Å². The van der Waals surface area contributed by atoms with E-state index in [0.29, 0.717) is 12.5 Å². The predicted octanol–water partition coefficient (Wildman–Crippen LogP) is 2.01. The second kappa shape index (κ2) is 6.15. The molecular weight excluding hydrogens is 286 g/mol. The first-order valence-electron chi connectivity index (χ1n) is 6.21. The number of nitrogens with two attached hydrogens (primary N) is 1. The molecule has 0 aliphatic rings. The highest BCUT2D eigenvalue weighted by Crippen LogP contribution is 2.20. The molecule has 0 saturated heterocycles. The summed E-state index contributed by atoms with van der Waals surface area (Å²) in [6.07, 6.45) is 0.598. The van der Waals surface area contributed by atoms with Gasteiger partial charge >= 0.3 is 0 Å². The zero-order chi connectivity index (χ0) is 15.6. The van der Waals surface area contributed by atoms with Crippen molar-refractivity contribution >= 4 is 10.0 Å². The first-order chi connectivity index (χ1) is 9.01. The topological polar surface area (TPSA) is 72.2 Å². The van der Waals surface area contributed by atoms with Crippen molar-refractivity contribution in [2.75, 3.05) is 6.54 Å². The highest BCUT2D eigenvalue weighted by atomic mass is 32.2. The molecule has 3 N–H and O–H groups in total. The van der Waals surface area contributed by atoms with E-state index in [1.54, 1.807) is 0 Å². The molecule has 0 spiro atoms. The predicted molar refractivity (Wildman–Crippen MR) is 73.6 cm³/mol. The van der Waals surface area contributed by atoms with Crippen molar-refractivity contribution in [1.82, 2.24) is 4.72 Å². The maximum Gasteiger partial charge on any atom is 0.243 e. The molecule has 0 saturated carbocycles. The van der Waals surface area contributed by atoms with Crippen LogP contribution in [0.5, 0.6) is 0 Å². The lowest BCUT2D eigenvalue weighted by molar-refractivity contribution is 0.338. The number of rotatable bonds is 5. The smallest absolute Gasteiger partial charge is 0.243 e. The minimum absolute atomic E-state index is 0.0322. The Kier molecular flexibility index (Phi) is 5.23. The molecule has 0 heterocycles.